The van der Waals surface area contributed by atoms with Gasteiger partial charge in [-0.2, -0.15) is 0 Å². The zero-order chi connectivity index (χ0) is 20.4. The number of aliphatic carboxylic acids is 1. The number of amides is 1. The summed E-state index contributed by atoms with van der Waals surface area (Å²) in [5, 5.41) is 14.2. The van der Waals surface area contributed by atoms with Crippen LogP contribution in [0.25, 0.3) is 21.7 Å². The molecule has 1 heterocycles. The average molecular weight is 386 g/mol. The number of H-pyrrole nitrogens is 1. The molecule has 3 aromatic carbocycles. The highest BCUT2D eigenvalue weighted by molar-refractivity contribution is 6.07. The van der Waals surface area contributed by atoms with Crippen LogP contribution in [0.1, 0.15) is 15.9 Å². The Morgan fingerprint density at radius 2 is 1.59 bits per heavy atom. The summed E-state index contributed by atoms with van der Waals surface area (Å²) < 4.78 is 0. The van der Waals surface area contributed by atoms with Gasteiger partial charge in [0.25, 0.3) is 11.5 Å². The summed E-state index contributed by atoms with van der Waals surface area (Å²) in [4.78, 5) is 39.4. The minimum Gasteiger partial charge on any atom is -0.480 e. The third-order valence-electron chi connectivity index (χ3n) is 4.88. The van der Waals surface area contributed by atoms with Crippen molar-refractivity contribution in [2.24, 2.45) is 0 Å². The predicted octanol–water partition coefficient (Wildman–Crippen LogP) is 3.11. The van der Waals surface area contributed by atoms with Crippen molar-refractivity contribution in [2.75, 3.05) is 0 Å². The van der Waals surface area contributed by atoms with Gasteiger partial charge in [-0.25, -0.2) is 4.79 Å². The lowest BCUT2D eigenvalue weighted by Crippen LogP contribution is -2.42. The van der Waals surface area contributed by atoms with E-state index in [-0.39, 0.29) is 17.5 Å². The van der Waals surface area contributed by atoms with Gasteiger partial charge in [0.05, 0.1) is 0 Å². The first-order valence-corrected chi connectivity index (χ1v) is 9.15. The molecule has 0 saturated heterocycles. The first-order valence-electron chi connectivity index (χ1n) is 9.15. The van der Waals surface area contributed by atoms with E-state index in [0.717, 1.165) is 16.3 Å². The van der Waals surface area contributed by atoms with Gasteiger partial charge in [-0.1, -0.05) is 54.6 Å². The summed E-state index contributed by atoms with van der Waals surface area (Å²) in [5.41, 5.74) is 1.38. The van der Waals surface area contributed by atoms with E-state index < -0.39 is 17.9 Å². The average Bonchev–Trinajstić information content (AvgIpc) is 2.73. The Labute approximate surface area is 165 Å². The topological polar surface area (TPSA) is 99.3 Å². The molecule has 0 spiro atoms. The van der Waals surface area contributed by atoms with Crippen molar-refractivity contribution in [2.45, 2.75) is 12.5 Å². The molecule has 1 atom stereocenters. The minimum atomic E-state index is -1.11. The van der Waals surface area contributed by atoms with E-state index in [1.165, 1.54) is 0 Å². The standard InChI is InChI=1S/C23H18N2O4/c26-21(25-20(23(28)29)12-14-6-2-1-3-7-14)15-10-11-17-16-8-4-5-9-18(16)22(27)24-19(17)13-15/h1-11,13,20H,12H2,(H,24,27)(H,25,26)(H,28,29)/t20-/m0/s1. The van der Waals surface area contributed by atoms with E-state index in [1.807, 2.05) is 42.5 Å². The van der Waals surface area contributed by atoms with E-state index >= 15 is 0 Å². The third kappa shape index (κ3) is 3.73. The molecule has 29 heavy (non-hydrogen) atoms. The number of aromatic nitrogens is 1. The third-order valence-corrected chi connectivity index (χ3v) is 4.88. The van der Waals surface area contributed by atoms with Crippen LogP contribution in [0.15, 0.2) is 77.6 Å². The molecule has 0 aliphatic carbocycles. The minimum absolute atomic E-state index is 0.178. The van der Waals surface area contributed by atoms with Crippen LogP contribution in [0.3, 0.4) is 0 Å². The molecule has 4 rings (SSSR count). The van der Waals surface area contributed by atoms with Crippen molar-refractivity contribution >= 4 is 33.6 Å². The Kier molecular flexibility index (Phi) is 4.83. The Hall–Kier alpha value is -3.93. The van der Waals surface area contributed by atoms with Crippen molar-refractivity contribution in [1.82, 2.24) is 10.3 Å². The number of carboxylic acid groups (broad SMARTS) is 1. The van der Waals surface area contributed by atoms with Crippen LogP contribution in [-0.4, -0.2) is 28.0 Å². The number of carboxylic acids is 1. The van der Waals surface area contributed by atoms with Gasteiger partial charge in [0.2, 0.25) is 0 Å². The molecule has 6 nitrogen and oxygen atoms in total. The fourth-order valence-electron chi connectivity index (χ4n) is 3.42. The van der Waals surface area contributed by atoms with Gasteiger partial charge < -0.3 is 15.4 Å². The smallest absolute Gasteiger partial charge is 0.326 e. The number of rotatable bonds is 5. The van der Waals surface area contributed by atoms with Crippen LogP contribution in [0, 0.1) is 0 Å². The molecule has 144 valence electrons. The van der Waals surface area contributed by atoms with Gasteiger partial charge >= 0.3 is 5.97 Å². The molecule has 0 saturated carbocycles. The van der Waals surface area contributed by atoms with Crippen molar-refractivity contribution in [1.29, 1.82) is 0 Å². The molecule has 3 N–H and O–H groups in total. The van der Waals surface area contributed by atoms with E-state index in [4.69, 9.17) is 0 Å². The molecule has 0 aliphatic rings. The summed E-state index contributed by atoms with van der Waals surface area (Å²) >= 11 is 0. The summed E-state index contributed by atoms with van der Waals surface area (Å²) in [7, 11) is 0. The zero-order valence-corrected chi connectivity index (χ0v) is 15.4. The van der Waals surface area contributed by atoms with Crippen molar-refractivity contribution in [3.8, 4) is 0 Å². The second kappa shape index (κ2) is 7.59. The van der Waals surface area contributed by atoms with E-state index in [2.05, 4.69) is 10.3 Å². The highest BCUT2D eigenvalue weighted by atomic mass is 16.4. The van der Waals surface area contributed by atoms with Crippen LogP contribution in [0.5, 0.6) is 0 Å². The van der Waals surface area contributed by atoms with E-state index in [1.54, 1.807) is 30.3 Å². The lowest BCUT2D eigenvalue weighted by atomic mass is 10.0. The van der Waals surface area contributed by atoms with Crippen molar-refractivity contribution < 1.29 is 14.7 Å². The number of hydrogen-bond acceptors (Lipinski definition) is 3. The Morgan fingerprint density at radius 1 is 0.897 bits per heavy atom. The highest BCUT2D eigenvalue weighted by Gasteiger charge is 2.21. The predicted molar refractivity (Wildman–Crippen MR) is 111 cm³/mol. The SMILES string of the molecule is O=C(N[C@@H](Cc1ccccc1)C(=O)O)c1ccc2c(c1)[nH]c(=O)c1ccccc12. The van der Waals surface area contributed by atoms with Crippen LogP contribution in [0.4, 0.5) is 0 Å². The van der Waals surface area contributed by atoms with Gasteiger partial charge in [0.1, 0.15) is 6.04 Å². The molecule has 0 radical (unpaired) electrons. The van der Waals surface area contributed by atoms with Crippen LogP contribution in [-0.2, 0) is 11.2 Å². The largest absolute Gasteiger partial charge is 0.480 e. The van der Waals surface area contributed by atoms with E-state index in [0.29, 0.717) is 10.9 Å². The number of fused-ring (bicyclic) bond motifs is 3. The molecule has 0 fully saturated rings. The second-order valence-corrected chi connectivity index (χ2v) is 6.81. The highest BCUT2D eigenvalue weighted by Crippen LogP contribution is 2.22. The number of aromatic amines is 1. The summed E-state index contributed by atoms with van der Waals surface area (Å²) in [6.07, 6.45) is 0.178. The number of carbonyl (C=O) groups is 2. The maximum atomic E-state index is 12.7. The van der Waals surface area contributed by atoms with Crippen LogP contribution < -0.4 is 10.9 Å². The van der Waals surface area contributed by atoms with Gasteiger partial charge in [-0.15, -0.1) is 0 Å². The fraction of sp³-hybridized carbons (Fsp3) is 0.0870. The molecule has 0 aliphatic heterocycles. The fourth-order valence-corrected chi connectivity index (χ4v) is 3.42. The Balaban J connectivity index is 1.64. The molecule has 1 amide bonds. The number of benzene rings is 3. The molecule has 1 aromatic heterocycles. The molecule has 0 unspecified atom stereocenters. The first-order chi connectivity index (χ1) is 14.0. The van der Waals surface area contributed by atoms with Gasteiger partial charge in [0.15, 0.2) is 0 Å². The van der Waals surface area contributed by atoms with Crippen molar-refractivity contribution in [3.05, 3.63) is 94.3 Å². The summed E-state index contributed by atoms with van der Waals surface area (Å²) in [5.74, 6) is -1.62. The van der Waals surface area contributed by atoms with Crippen LogP contribution >= 0.6 is 0 Å². The van der Waals surface area contributed by atoms with E-state index in [9.17, 15) is 19.5 Å². The number of carbonyl (C=O) groups excluding carboxylic acids is 1. The zero-order valence-electron chi connectivity index (χ0n) is 15.4. The van der Waals surface area contributed by atoms with Gasteiger partial charge in [-0.3, -0.25) is 9.59 Å². The summed E-state index contributed by atoms with van der Waals surface area (Å²) in [6.45, 7) is 0. The van der Waals surface area contributed by atoms with Crippen LogP contribution in [0.2, 0.25) is 0 Å². The first kappa shape index (κ1) is 18.4. The second-order valence-electron chi connectivity index (χ2n) is 6.81. The Morgan fingerprint density at radius 3 is 2.31 bits per heavy atom. The molecular formula is C23H18N2O4. The maximum absolute atomic E-state index is 12.7. The molecule has 4 aromatic rings. The monoisotopic (exact) mass is 386 g/mol. The number of hydrogen-bond donors (Lipinski definition) is 3. The van der Waals surface area contributed by atoms with Gasteiger partial charge in [0, 0.05) is 28.3 Å². The Bertz CT molecular complexity index is 1280. The summed E-state index contributed by atoms with van der Waals surface area (Å²) in [6, 6.07) is 20.3. The van der Waals surface area contributed by atoms with Gasteiger partial charge in [-0.05, 0) is 29.1 Å². The number of nitrogens with one attached hydrogen (secondary N) is 2. The molecule has 6 heteroatoms. The lowest BCUT2D eigenvalue weighted by molar-refractivity contribution is -0.139. The maximum Gasteiger partial charge on any atom is 0.326 e. The number of pyridine rings is 1. The van der Waals surface area contributed by atoms with Crippen molar-refractivity contribution in [3.63, 3.8) is 0 Å². The molecule has 0 bridgehead atoms. The molecular weight excluding hydrogens is 368 g/mol. The quantitative estimate of drug-likeness (QED) is 0.459. The lowest BCUT2D eigenvalue weighted by Gasteiger charge is -2.15. The normalized spacial score (nSPS) is 12.0.